The molecule has 0 unspecified atom stereocenters. The lowest BCUT2D eigenvalue weighted by Crippen LogP contribution is -2.55. The van der Waals surface area contributed by atoms with Gasteiger partial charge in [-0.15, -0.1) is 0 Å². The summed E-state index contributed by atoms with van der Waals surface area (Å²) < 4.78 is 5.82. The zero-order valence-corrected chi connectivity index (χ0v) is 12.5. The van der Waals surface area contributed by atoms with E-state index in [4.69, 9.17) is 10.5 Å². The number of Topliss-reactive ketones (excluding diaryl/α,β-unsaturated/α-hetero) is 1. The lowest BCUT2D eigenvalue weighted by atomic mass is 9.83. The Bertz CT molecular complexity index is 814. The third-order valence-electron chi connectivity index (χ3n) is 4.78. The van der Waals surface area contributed by atoms with Gasteiger partial charge in [0, 0.05) is 16.7 Å². The summed E-state index contributed by atoms with van der Waals surface area (Å²) in [6, 6.07) is 12.5. The zero-order valence-electron chi connectivity index (χ0n) is 12.5. The standard InChI is InChI=1S/C18H17NO3/c1-10(2)11-7-8-14-15(9-11)22-18(21)13-6-4-3-5-12(13)16(20)17(14,18)19/h3-10,21H,19H2,1-2H3/t17-,18-/m0/s1. The van der Waals surface area contributed by atoms with Gasteiger partial charge in [0.1, 0.15) is 5.75 Å². The van der Waals surface area contributed by atoms with Crippen LogP contribution >= 0.6 is 0 Å². The molecule has 4 rings (SSSR count). The van der Waals surface area contributed by atoms with Crippen molar-refractivity contribution in [2.45, 2.75) is 31.1 Å². The number of ketones is 1. The van der Waals surface area contributed by atoms with Gasteiger partial charge in [0.15, 0.2) is 11.3 Å². The van der Waals surface area contributed by atoms with Crippen LogP contribution in [0.25, 0.3) is 0 Å². The van der Waals surface area contributed by atoms with Crippen molar-refractivity contribution in [2.24, 2.45) is 5.73 Å². The highest BCUT2D eigenvalue weighted by Gasteiger charge is 2.68. The molecular weight excluding hydrogens is 278 g/mol. The van der Waals surface area contributed by atoms with Crippen LogP contribution in [0.1, 0.15) is 46.8 Å². The van der Waals surface area contributed by atoms with Gasteiger partial charge < -0.3 is 15.6 Å². The molecule has 1 aliphatic heterocycles. The maximum atomic E-state index is 12.8. The summed E-state index contributed by atoms with van der Waals surface area (Å²) in [7, 11) is 0. The van der Waals surface area contributed by atoms with Crippen LogP contribution in [-0.4, -0.2) is 10.9 Å². The molecular formula is C18H17NO3. The Morgan fingerprint density at radius 2 is 1.86 bits per heavy atom. The van der Waals surface area contributed by atoms with Gasteiger partial charge in [-0.05, 0) is 17.5 Å². The molecule has 0 saturated heterocycles. The predicted octanol–water partition coefficient (Wildman–Crippen LogP) is 2.40. The lowest BCUT2D eigenvalue weighted by Gasteiger charge is -2.29. The average molecular weight is 295 g/mol. The number of aliphatic hydroxyl groups is 1. The van der Waals surface area contributed by atoms with E-state index in [2.05, 4.69) is 13.8 Å². The van der Waals surface area contributed by atoms with E-state index in [0.717, 1.165) is 5.56 Å². The van der Waals surface area contributed by atoms with E-state index in [1.165, 1.54) is 0 Å². The summed E-state index contributed by atoms with van der Waals surface area (Å²) >= 11 is 0. The largest absolute Gasteiger partial charge is 0.455 e. The van der Waals surface area contributed by atoms with E-state index in [1.807, 2.05) is 12.1 Å². The Hall–Kier alpha value is -2.17. The smallest absolute Gasteiger partial charge is 0.265 e. The van der Waals surface area contributed by atoms with Gasteiger partial charge in [0.05, 0.1) is 0 Å². The molecule has 0 saturated carbocycles. The molecule has 4 nitrogen and oxygen atoms in total. The second-order valence-corrected chi connectivity index (χ2v) is 6.34. The number of hydrogen-bond acceptors (Lipinski definition) is 4. The summed E-state index contributed by atoms with van der Waals surface area (Å²) in [5, 5.41) is 11.1. The highest BCUT2D eigenvalue weighted by atomic mass is 16.6. The molecule has 0 radical (unpaired) electrons. The van der Waals surface area contributed by atoms with Gasteiger partial charge >= 0.3 is 0 Å². The fourth-order valence-electron chi connectivity index (χ4n) is 3.46. The van der Waals surface area contributed by atoms with Crippen LogP contribution in [0.4, 0.5) is 0 Å². The van der Waals surface area contributed by atoms with Gasteiger partial charge in [0.25, 0.3) is 5.79 Å². The Morgan fingerprint density at radius 1 is 1.14 bits per heavy atom. The van der Waals surface area contributed by atoms with Crippen molar-refractivity contribution in [1.29, 1.82) is 0 Å². The second-order valence-electron chi connectivity index (χ2n) is 6.34. The maximum absolute atomic E-state index is 12.8. The number of rotatable bonds is 1. The van der Waals surface area contributed by atoms with Crippen LogP contribution in [0.5, 0.6) is 5.75 Å². The Labute approximate surface area is 128 Å². The van der Waals surface area contributed by atoms with Crippen molar-refractivity contribution in [1.82, 2.24) is 0 Å². The Kier molecular flexibility index (Phi) is 2.43. The molecule has 0 amide bonds. The highest BCUT2D eigenvalue weighted by molar-refractivity contribution is 6.10. The number of carbonyl (C=O) groups excluding carboxylic acids is 1. The first-order chi connectivity index (χ1) is 10.4. The molecule has 2 aromatic carbocycles. The zero-order chi connectivity index (χ0) is 15.7. The van der Waals surface area contributed by atoms with E-state index in [9.17, 15) is 9.90 Å². The van der Waals surface area contributed by atoms with Crippen molar-refractivity contribution < 1.29 is 14.6 Å². The molecule has 4 heteroatoms. The minimum absolute atomic E-state index is 0.304. The van der Waals surface area contributed by atoms with Gasteiger partial charge in [-0.1, -0.05) is 50.2 Å². The van der Waals surface area contributed by atoms with Crippen molar-refractivity contribution in [3.63, 3.8) is 0 Å². The minimum Gasteiger partial charge on any atom is -0.455 e. The van der Waals surface area contributed by atoms with Gasteiger partial charge in [0.2, 0.25) is 0 Å². The first-order valence-electron chi connectivity index (χ1n) is 7.38. The highest BCUT2D eigenvalue weighted by Crippen LogP contribution is 2.56. The monoisotopic (exact) mass is 295 g/mol. The summed E-state index contributed by atoms with van der Waals surface area (Å²) in [5.74, 6) is -1.33. The van der Waals surface area contributed by atoms with Crippen molar-refractivity contribution in [3.8, 4) is 5.75 Å². The molecule has 2 atom stereocenters. The van der Waals surface area contributed by atoms with Gasteiger partial charge in [-0.2, -0.15) is 0 Å². The molecule has 0 spiro atoms. The predicted molar refractivity (Wildman–Crippen MR) is 81.7 cm³/mol. The fourth-order valence-corrected chi connectivity index (χ4v) is 3.46. The molecule has 22 heavy (non-hydrogen) atoms. The number of benzene rings is 2. The minimum atomic E-state index is -1.83. The number of fused-ring (bicyclic) bond motifs is 5. The van der Waals surface area contributed by atoms with E-state index in [-0.39, 0.29) is 5.78 Å². The van der Waals surface area contributed by atoms with Gasteiger partial charge in [-0.25, -0.2) is 0 Å². The Morgan fingerprint density at radius 3 is 2.59 bits per heavy atom. The van der Waals surface area contributed by atoms with Crippen LogP contribution in [0.2, 0.25) is 0 Å². The van der Waals surface area contributed by atoms with E-state index in [0.29, 0.717) is 28.4 Å². The van der Waals surface area contributed by atoms with Crippen molar-refractivity contribution >= 4 is 5.78 Å². The van der Waals surface area contributed by atoms with Crippen LogP contribution in [0, 0.1) is 0 Å². The van der Waals surface area contributed by atoms with Gasteiger partial charge in [-0.3, -0.25) is 4.79 Å². The number of hydrogen-bond donors (Lipinski definition) is 2. The molecule has 0 bridgehead atoms. The number of carbonyl (C=O) groups is 1. The topological polar surface area (TPSA) is 72.5 Å². The Balaban J connectivity index is 1.97. The third-order valence-corrected chi connectivity index (χ3v) is 4.78. The first-order valence-corrected chi connectivity index (χ1v) is 7.38. The van der Waals surface area contributed by atoms with Crippen molar-refractivity contribution in [3.05, 3.63) is 64.7 Å². The quantitative estimate of drug-likeness (QED) is 0.847. The maximum Gasteiger partial charge on any atom is 0.265 e. The van der Waals surface area contributed by atoms with Crippen LogP contribution in [0.15, 0.2) is 42.5 Å². The van der Waals surface area contributed by atoms with Crippen LogP contribution < -0.4 is 10.5 Å². The molecule has 2 aromatic rings. The summed E-state index contributed by atoms with van der Waals surface area (Å²) in [4.78, 5) is 12.8. The summed E-state index contributed by atoms with van der Waals surface area (Å²) in [5.41, 5.74) is 7.30. The fraction of sp³-hybridized carbons (Fsp3) is 0.278. The normalized spacial score (nSPS) is 28.3. The SMILES string of the molecule is CC(C)c1ccc2c(c1)O[C@@]1(O)c3ccccc3C(=O)[C@@]21N. The summed E-state index contributed by atoms with van der Waals surface area (Å²) in [6.45, 7) is 4.15. The van der Waals surface area contributed by atoms with Crippen LogP contribution in [-0.2, 0) is 11.3 Å². The average Bonchev–Trinajstić information content (AvgIpc) is 2.84. The molecule has 0 fully saturated rings. The summed E-state index contributed by atoms with van der Waals surface area (Å²) in [6.07, 6.45) is 0. The molecule has 112 valence electrons. The molecule has 1 heterocycles. The van der Waals surface area contributed by atoms with E-state index >= 15 is 0 Å². The molecule has 2 aliphatic rings. The molecule has 0 aromatic heterocycles. The van der Waals surface area contributed by atoms with E-state index < -0.39 is 11.3 Å². The lowest BCUT2D eigenvalue weighted by molar-refractivity contribution is -0.162. The van der Waals surface area contributed by atoms with Crippen LogP contribution in [0.3, 0.4) is 0 Å². The first kappa shape index (κ1) is 13.5. The van der Waals surface area contributed by atoms with Crippen molar-refractivity contribution in [2.75, 3.05) is 0 Å². The molecule has 1 aliphatic carbocycles. The van der Waals surface area contributed by atoms with E-state index in [1.54, 1.807) is 30.3 Å². The second kappa shape index (κ2) is 3.97. The third kappa shape index (κ3) is 1.32. The number of nitrogens with two attached hydrogens (primary N) is 1. The number of ether oxygens (including phenoxy) is 1. The molecule has 3 N–H and O–H groups in total.